The molecule has 0 spiro atoms. The summed E-state index contributed by atoms with van der Waals surface area (Å²) in [5.74, 6) is -1.42. The lowest BCUT2D eigenvalue weighted by atomic mass is 9.54. The summed E-state index contributed by atoms with van der Waals surface area (Å²) in [5, 5.41) is 12.1. The summed E-state index contributed by atoms with van der Waals surface area (Å²) in [7, 11) is 0. The minimum atomic E-state index is -1.28. The van der Waals surface area contributed by atoms with Crippen LogP contribution in [0.25, 0.3) is 0 Å². The molecule has 2 unspecified atom stereocenters. The fourth-order valence-corrected chi connectivity index (χ4v) is 2.62. The second-order valence-electron chi connectivity index (χ2n) is 5.68. The van der Waals surface area contributed by atoms with Crippen LogP contribution in [0, 0.1) is 5.41 Å². The van der Waals surface area contributed by atoms with Gasteiger partial charge in [0.1, 0.15) is 12.1 Å². The monoisotopic (exact) mass is 287 g/mol. The Morgan fingerprint density at radius 1 is 1.35 bits per heavy atom. The Hall–Kier alpha value is -1.14. The Morgan fingerprint density at radius 2 is 2.00 bits per heavy atom. The van der Waals surface area contributed by atoms with Gasteiger partial charge < -0.3 is 19.9 Å². The van der Waals surface area contributed by atoms with Gasteiger partial charge >= 0.3 is 5.97 Å². The first-order chi connectivity index (χ1) is 9.31. The number of ether oxygens (including phenoxy) is 2. The van der Waals surface area contributed by atoms with Gasteiger partial charge in [-0.05, 0) is 13.3 Å². The molecule has 0 aliphatic heterocycles. The predicted octanol–water partition coefficient (Wildman–Crippen LogP) is 1.19. The number of hydrogen-bond donors (Lipinski definition) is 2. The number of nitrogens with one attached hydrogen (secondary N) is 1. The zero-order chi connectivity index (χ0) is 15.4. The zero-order valence-corrected chi connectivity index (χ0v) is 12.7. The molecule has 0 aromatic heterocycles. The quantitative estimate of drug-likeness (QED) is 0.655. The lowest BCUT2D eigenvalue weighted by Crippen LogP contribution is -2.76. The second-order valence-corrected chi connectivity index (χ2v) is 5.68. The van der Waals surface area contributed by atoms with Crippen LogP contribution in [0.15, 0.2) is 0 Å². The fraction of sp³-hybridized carbons (Fsp3) is 0.857. The van der Waals surface area contributed by atoms with Crippen molar-refractivity contribution in [3.8, 4) is 0 Å². The fourth-order valence-electron chi connectivity index (χ4n) is 2.62. The average Bonchev–Trinajstić information content (AvgIpc) is 2.37. The smallest absolute Gasteiger partial charge is 0.330 e. The van der Waals surface area contributed by atoms with Crippen LogP contribution < -0.4 is 5.32 Å². The van der Waals surface area contributed by atoms with Gasteiger partial charge in [0.15, 0.2) is 0 Å². The van der Waals surface area contributed by atoms with Gasteiger partial charge in [-0.2, -0.15) is 0 Å². The summed E-state index contributed by atoms with van der Waals surface area (Å²) in [5.41, 5.74) is -1.94. The van der Waals surface area contributed by atoms with Crippen LogP contribution in [-0.2, 0) is 19.1 Å². The third kappa shape index (κ3) is 2.96. The third-order valence-corrected chi connectivity index (χ3v) is 4.06. The standard InChI is InChI=1S/C14H25NO5/c1-5-7-19-9-11(16)15-14(12(17)18)8-10(20-6-2)13(14,3)4/h10H,5-9H2,1-4H3,(H,15,16)(H,17,18). The lowest BCUT2D eigenvalue weighted by molar-refractivity contribution is -0.195. The molecule has 6 nitrogen and oxygen atoms in total. The molecule has 2 atom stereocenters. The summed E-state index contributed by atoms with van der Waals surface area (Å²) in [6, 6.07) is 0. The average molecular weight is 287 g/mol. The topological polar surface area (TPSA) is 84.9 Å². The molecule has 1 fully saturated rings. The first kappa shape index (κ1) is 16.9. The van der Waals surface area contributed by atoms with Crippen LogP contribution in [0.4, 0.5) is 0 Å². The number of hydrogen-bond acceptors (Lipinski definition) is 4. The van der Waals surface area contributed by atoms with E-state index in [0.29, 0.717) is 13.2 Å². The van der Waals surface area contributed by atoms with E-state index in [4.69, 9.17) is 9.47 Å². The van der Waals surface area contributed by atoms with Crippen LogP contribution in [0.5, 0.6) is 0 Å². The molecule has 0 aromatic carbocycles. The van der Waals surface area contributed by atoms with E-state index < -0.39 is 22.8 Å². The number of aliphatic carboxylic acids is 1. The highest BCUT2D eigenvalue weighted by Gasteiger charge is 2.66. The molecule has 1 aliphatic carbocycles. The Labute approximate surface area is 119 Å². The maximum Gasteiger partial charge on any atom is 0.330 e. The summed E-state index contributed by atoms with van der Waals surface area (Å²) >= 11 is 0. The van der Waals surface area contributed by atoms with E-state index in [1.54, 1.807) is 13.8 Å². The third-order valence-electron chi connectivity index (χ3n) is 4.06. The van der Waals surface area contributed by atoms with E-state index in [2.05, 4.69) is 5.32 Å². The maximum atomic E-state index is 11.8. The molecule has 0 radical (unpaired) electrons. The van der Waals surface area contributed by atoms with Crippen molar-refractivity contribution in [3.63, 3.8) is 0 Å². The SMILES string of the molecule is CCCOCC(=O)NC1(C(=O)O)CC(OCC)C1(C)C. The molecule has 20 heavy (non-hydrogen) atoms. The van der Waals surface area contributed by atoms with Crippen molar-refractivity contribution in [2.75, 3.05) is 19.8 Å². The van der Waals surface area contributed by atoms with Crippen molar-refractivity contribution in [1.29, 1.82) is 0 Å². The van der Waals surface area contributed by atoms with Crippen molar-refractivity contribution in [2.45, 2.75) is 52.2 Å². The van der Waals surface area contributed by atoms with E-state index in [1.807, 2.05) is 13.8 Å². The van der Waals surface area contributed by atoms with Gasteiger partial charge in [0.2, 0.25) is 5.91 Å². The number of rotatable bonds is 8. The minimum Gasteiger partial charge on any atom is -0.479 e. The van der Waals surface area contributed by atoms with E-state index in [1.165, 1.54) is 0 Å². The van der Waals surface area contributed by atoms with Crippen molar-refractivity contribution in [2.24, 2.45) is 5.41 Å². The molecule has 1 saturated carbocycles. The highest BCUT2D eigenvalue weighted by molar-refractivity contribution is 5.89. The molecule has 116 valence electrons. The van der Waals surface area contributed by atoms with Gasteiger partial charge in [-0.25, -0.2) is 4.79 Å². The van der Waals surface area contributed by atoms with Gasteiger partial charge in [0, 0.05) is 25.0 Å². The van der Waals surface area contributed by atoms with E-state index >= 15 is 0 Å². The molecule has 6 heteroatoms. The summed E-state index contributed by atoms with van der Waals surface area (Å²) in [6.45, 7) is 8.32. The molecule has 2 N–H and O–H groups in total. The summed E-state index contributed by atoms with van der Waals surface area (Å²) < 4.78 is 10.7. The molecular formula is C14H25NO5. The van der Waals surface area contributed by atoms with Gasteiger partial charge in [0.25, 0.3) is 0 Å². The zero-order valence-electron chi connectivity index (χ0n) is 12.7. The molecule has 1 aliphatic rings. The molecule has 0 saturated heterocycles. The number of carbonyl (C=O) groups excluding carboxylic acids is 1. The van der Waals surface area contributed by atoms with Crippen molar-refractivity contribution >= 4 is 11.9 Å². The minimum absolute atomic E-state index is 0.113. The van der Waals surface area contributed by atoms with Crippen molar-refractivity contribution in [3.05, 3.63) is 0 Å². The van der Waals surface area contributed by atoms with Crippen LogP contribution in [0.2, 0.25) is 0 Å². The second kappa shape index (κ2) is 6.54. The van der Waals surface area contributed by atoms with E-state index in [0.717, 1.165) is 6.42 Å². The predicted molar refractivity (Wildman–Crippen MR) is 73.4 cm³/mol. The number of amides is 1. The normalized spacial score (nSPS) is 27.7. The Balaban J connectivity index is 2.71. The highest BCUT2D eigenvalue weighted by atomic mass is 16.5. The number of carboxylic acid groups (broad SMARTS) is 1. The number of carboxylic acids is 1. The first-order valence-electron chi connectivity index (χ1n) is 7.05. The maximum absolute atomic E-state index is 11.8. The Bertz CT molecular complexity index is 369. The molecule has 1 amide bonds. The molecule has 0 bridgehead atoms. The molecule has 0 aromatic rings. The summed E-state index contributed by atoms with van der Waals surface area (Å²) in [4.78, 5) is 23.5. The van der Waals surface area contributed by atoms with E-state index in [-0.39, 0.29) is 19.1 Å². The van der Waals surface area contributed by atoms with Gasteiger partial charge in [-0.3, -0.25) is 4.79 Å². The van der Waals surface area contributed by atoms with Crippen LogP contribution in [0.3, 0.4) is 0 Å². The van der Waals surface area contributed by atoms with Gasteiger partial charge in [-0.15, -0.1) is 0 Å². The van der Waals surface area contributed by atoms with Crippen LogP contribution in [0.1, 0.15) is 40.5 Å². The van der Waals surface area contributed by atoms with Crippen molar-refractivity contribution in [1.82, 2.24) is 5.32 Å². The lowest BCUT2D eigenvalue weighted by Gasteiger charge is -2.58. The molecule has 1 rings (SSSR count). The first-order valence-corrected chi connectivity index (χ1v) is 7.05. The van der Waals surface area contributed by atoms with E-state index in [9.17, 15) is 14.7 Å². The molecular weight excluding hydrogens is 262 g/mol. The molecule has 0 heterocycles. The van der Waals surface area contributed by atoms with Crippen LogP contribution in [-0.4, -0.2) is 48.4 Å². The highest BCUT2D eigenvalue weighted by Crippen LogP contribution is 2.51. The Kier molecular flexibility index (Phi) is 5.53. The number of carbonyl (C=O) groups is 2. The summed E-state index contributed by atoms with van der Waals surface area (Å²) in [6.07, 6.45) is 0.929. The largest absolute Gasteiger partial charge is 0.479 e. The van der Waals surface area contributed by atoms with Gasteiger partial charge in [0.05, 0.1) is 6.10 Å². The van der Waals surface area contributed by atoms with Gasteiger partial charge in [-0.1, -0.05) is 20.8 Å². The van der Waals surface area contributed by atoms with Crippen molar-refractivity contribution < 1.29 is 24.2 Å². The Morgan fingerprint density at radius 3 is 2.45 bits per heavy atom. The van der Waals surface area contributed by atoms with Crippen LogP contribution >= 0.6 is 0 Å².